The zero-order valence-corrected chi connectivity index (χ0v) is 15.4. The van der Waals surface area contributed by atoms with Gasteiger partial charge in [0.1, 0.15) is 0 Å². The van der Waals surface area contributed by atoms with Gasteiger partial charge in [0.05, 0.1) is 28.4 Å². The van der Waals surface area contributed by atoms with Crippen LogP contribution in [0.5, 0.6) is 23.0 Å². The molecule has 0 radical (unpaired) electrons. The highest BCUT2D eigenvalue weighted by Crippen LogP contribution is 2.34. The number of halogens is 1. The Morgan fingerprint density at radius 1 is 0.696 bits per heavy atom. The van der Waals surface area contributed by atoms with Crippen molar-refractivity contribution in [2.24, 2.45) is 0 Å². The van der Waals surface area contributed by atoms with Gasteiger partial charge in [-0.1, -0.05) is 22.0 Å². The summed E-state index contributed by atoms with van der Waals surface area (Å²) in [5, 5.41) is 0.746. The summed E-state index contributed by atoms with van der Waals surface area (Å²) in [4.78, 5) is 0. The molecule has 23 heavy (non-hydrogen) atoms. The first kappa shape index (κ1) is 17.5. The molecule has 2 aromatic carbocycles. The van der Waals surface area contributed by atoms with Crippen molar-refractivity contribution in [3.05, 3.63) is 47.0 Å². The van der Waals surface area contributed by atoms with Crippen molar-refractivity contribution >= 4 is 15.9 Å². The Labute approximate surface area is 145 Å². The second-order valence-corrected chi connectivity index (χ2v) is 5.54. The third-order valence-corrected chi connectivity index (χ3v) is 4.30. The average Bonchev–Trinajstić information content (AvgIpc) is 2.61. The Kier molecular flexibility index (Phi) is 6.16. The van der Waals surface area contributed by atoms with Gasteiger partial charge in [-0.15, -0.1) is 0 Å². The standard InChI is InChI=1S/C18H21BrO4/c1-20-15-6-5-12(8-16(15)21-2)7-13-9-17(22-3)18(23-4)10-14(13)11-19/h5-6,8-10H,7,11H2,1-4H3. The van der Waals surface area contributed by atoms with E-state index >= 15 is 0 Å². The van der Waals surface area contributed by atoms with E-state index in [2.05, 4.69) is 15.9 Å². The van der Waals surface area contributed by atoms with Gasteiger partial charge in [0.25, 0.3) is 0 Å². The largest absolute Gasteiger partial charge is 0.493 e. The van der Waals surface area contributed by atoms with Gasteiger partial charge < -0.3 is 18.9 Å². The summed E-state index contributed by atoms with van der Waals surface area (Å²) in [5.74, 6) is 2.92. The van der Waals surface area contributed by atoms with Crippen molar-refractivity contribution < 1.29 is 18.9 Å². The number of alkyl halides is 1. The molecule has 2 aromatic rings. The van der Waals surface area contributed by atoms with E-state index in [0.717, 1.165) is 45.9 Å². The van der Waals surface area contributed by atoms with Crippen LogP contribution >= 0.6 is 15.9 Å². The van der Waals surface area contributed by atoms with Crippen molar-refractivity contribution in [1.29, 1.82) is 0 Å². The molecule has 0 fully saturated rings. The molecule has 2 rings (SSSR count). The molecule has 0 N–H and O–H groups in total. The van der Waals surface area contributed by atoms with E-state index in [0.29, 0.717) is 0 Å². The van der Waals surface area contributed by atoms with Gasteiger partial charge in [0.15, 0.2) is 23.0 Å². The molecule has 0 saturated heterocycles. The van der Waals surface area contributed by atoms with E-state index in [9.17, 15) is 0 Å². The lowest BCUT2D eigenvalue weighted by Gasteiger charge is -2.15. The number of hydrogen-bond acceptors (Lipinski definition) is 4. The van der Waals surface area contributed by atoms with Crippen molar-refractivity contribution in [3.8, 4) is 23.0 Å². The normalized spacial score (nSPS) is 10.3. The van der Waals surface area contributed by atoms with Crippen molar-refractivity contribution in [1.82, 2.24) is 0 Å². The van der Waals surface area contributed by atoms with Crippen molar-refractivity contribution in [3.63, 3.8) is 0 Å². The highest BCUT2D eigenvalue weighted by Gasteiger charge is 2.12. The molecule has 0 spiro atoms. The van der Waals surface area contributed by atoms with Gasteiger partial charge in [-0.2, -0.15) is 0 Å². The number of ether oxygens (including phenoxy) is 4. The van der Waals surface area contributed by atoms with E-state index in [1.54, 1.807) is 28.4 Å². The minimum Gasteiger partial charge on any atom is -0.493 e. The lowest BCUT2D eigenvalue weighted by Crippen LogP contribution is -1.99. The van der Waals surface area contributed by atoms with E-state index in [-0.39, 0.29) is 0 Å². The van der Waals surface area contributed by atoms with E-state index < -0.39 is 0 Å². The maximum absolute atomic E-state index is 5.41. The van der Waals surface area contributed by atoms with Crippen molar-refractivity contribution in [2.75, 3.05) is 28.4 Å². The first-order valence-electron chi connectivity index (χ1n) is 7.17. The Hall–Kier alpha value is -1.88. The Morgan fingerprint density at radius 3 is 1.74 bits per heavy atom. The van der Waals surface area contributed by atoms with Crippen LogP contribution in [0.1, 0.15) is 16.7 Å². The first-order chi connectivity index (χ1) is 11.2. The summed E-state index contributed by atoms with van der Waals surface area (Å²) in [6.45, 7) is 0. The Balaban J connectivity index is 2.39. The highest BCUT2D eigenvalue weighted by molar-refractivity contribution is 9.08. The summed E-state index contributed by atoms with van der Waals surface area (Å²) in [6, 6.07) is 9.97. The number of hydrogen-bond donors (Lipinski definition) is 0. The smallest absolute Gasteiger partial charge is 0.161 e. The first-order valence-corrected chi connectivity index (χ1v) is 8.29. The Bertz CT molecular complexity index is 670. The fraction of sp³-hybridized carbons (Fsp3) is 0.333. The molecule has 5 heteroatoms. The summed E-state index contributed by atoms with van der Waals surface area (Å²) in [7, 11) is 6.56. The SMILES string of the molecule is COc1ccc(Cc2cc(OC)c(OC)cc2CBr)cc1OC. The van der Waals surface area contributed by atoms with Gasteiger partial charge in [-0.05, 0) is 47.4 Å². The number of methoxy groups -OCH3 is 4. The molecule has 0 atom stereocenters. The third-order valence-electron chi connectivity index (χ3n) is 3.69. The molecule has 124 valence electrons. The van der Waals surface area contributed by atoms with Crippen LogP contribution in [-0.4, -0.2) is 28.4 Å². The lowest BCUT2D eigenvalue weighted by atomic mass is 9.99. The van der Waals surface area contributed by atoms with Gasteiger partial charge in [0.2, 0.25) is 0 Å². The van der Waals surface area contributed by atoms with Crippen LogP contribution in [0.4, 0.5) is 0 Å². The second kappa shape index (κ2) is 8.11. The van der Waals surface area contributed by atoms with E-state index in [1.165, 1.54) is 5.56 Å². The minimum atomic E-state index is 0.726. The highest BCUT2D eigenvalue weighted by atomic mass is 79.9. The summed E-state index contributed by atoms with van der Waals surface area (Å²) >= 11 is 3.54. The molecule has 0 aromatic heterocycles. The number of benzene rings is 2. The summed E-state index contributed by atoms with van der Waals surface area (Å²) < 4.78 is 21.4. The summed E-state index contributed by atoms with van der Waals surface area (Å²) in [6.07, 6.45) is 0.766. The van der Waals surface area contributed by atoms with Gasteiger partial charge >= 0.3 is 0 Å². The summed E-state index contributed by atoms with van der Waals surface area (Å²) in [5.41, 5.74) is 3.47. The van der Waals surface area contributed by atoms with Crippen LogP contribution in [0, 0.1) is 0 Å². The van der Waals surface area contributed by atoms with E-state index in [1.807, 2.05) is 30.3 Å². The maximum atomic E-state index is 5.41. The molecule has 4 nitrogen and oxygen atoms in total. The Morgan fingerprint density at radius 2 is 1.22 bits per heavy atom. The average molecular weight is 381 g/mol. The molecule has 0 saturated carbocycles. The van der Waals surface area contributed by atoms with Crippen LogP contribution < -0.4 is 18.9 Å². The van der Waals surface area contributed by atoms with Crippen LogP contribution in [0.25, 0.3) is 0 Å². The fourth-order valence-corrected chi connectivity index (χ4v) is 2.98. The molecule has 0 bridgehead atoms. The molecular weight excluding hydrogens is 360 g/mol. The predicted octanol–water partition coefficient (Wildman–Crippen LogP) is 4.21. The molecular formula is C18H21BrO4. The molecule has 0 unspecified atom stereocenters. The molecule has 0 aliphatic heterocycles. The van der Waals surface area contributed by atoms with Gasteiger partial charge in [0, 0.05) is 5.33 Å². The zero-order chi connectivity index (χ0) is 16.8. The zero-order valence-electron chi connectivity index (χ0n) is 13.8. The quantitative estimate of drug-likeness (QED) is 0.674. The van der Waals surface area contributed by atoms with Crippen LogP contribution in [0.3, 0.4) is 0 Å². The fourth-order valence-electron chi connectivity index (χ4n) is 2.46. The lowest BCUT2D eigenvalue weighted by molar-refractivity contribution is 0.354. The van der Waals surface area contributed by atoms with Gasteiger partial charge in [-0.3, -0.25) is 0 Å². The molecule has 0 amide bonds. The maximum Gasteiger partial charge on any atom is 0.161 e. The number of rotatable bonds is 7. The van der Waals surface area contributed by atoms with Crippen LogP contribution in [0.2, 0.25) is 0 Å². The second-order valence-electron chi connectivity index (χ2n) is 4.98. The van der Waals surface area contributed by atoms with Crippen LogP contribution in [-0.2, 0) is 11.8 Å². The minimum absolute atomic E-state index is 0.726. The predicted molar refractivity (Wildman–Crippen MR) is 94.5 cm³/mol. The third kappa shape index (κ3) is 3.91. The molecule has 0 aliphatic carbocycles. The monoisotopic (exact) mass is 380 g/mol. The van der Waals surface area contributed by atoms with E-state index in [4.69, 9.17) is 18.9 Å². The topological polar surface area (TPSA) is 36.9 Å². The van der Waals surface area contributed by atoms with Gasteiger partial charge in [-0.25, -0.2) is 0 Å². The molecule has 0 aliphatic rings. The van der Waals surface area contributed by atoms with Crippen LogP contribution in [0.15, 0.2) is 30.3 Å². The van der Waals surface area contributed by atoms with Crippen molar-refractivity contribution in [2.45, 2.75) is 11.8 Å². The molecule has 0 heterocycles.